The Bertz CT molecular complexity index is 1180. The molecule has 1 aromatic carbocycles. The van der Waals surface area contributed by atoms with Crippen molar-refractivity contribution in [2.24, 2.45) is 0 Å². The minimum absolute atomic E-state index is 0.110. The predicted octanol–water partition coefficient (Wildman–Crippen LogP) is 2.13. The number of carbonyl (C=O) groups excluding carboxylic acids is 3. The summed E-state index contributed by atoms with van der Waals surface area (Å²) < 4.78 is 1.24. The van der Waals surface area contributed by atoms with Gasteiger partial charge in [-0.05, 0) is 31.9 Å². The lowest BCUT2D eigenvalue weighted by Gasteiger charge is -2.30. The van der Waals surface area contributed by atoms with Gasteiger partial charge in [-0.3, -0.25) is 33.6 Å². The van der Waals surface area contributed by atoms with Crippen LogP contribution in [-0.4, -0.2) is 44.8 Å². The molecule has 2 aromatic rings. The Morgan fingerprint density at radius 3 is 2.15 bits per heavy atom. The second-order valence-corrected chi connectivity index (χ2v) is 8.40. The van der Waals surface area contributed by atoms with Gasteiger partial charge < -0.3 is 10.6 Å². The zero-order valence-electron chi connectivity index (χ0n) is 19.8. The van der Waals surface area contributed by atoms with Crippen LogP contribution in [0.2, 0.25) is 0 Å². The molecule has 10 nitrogen and oxygen atoms in total. The van der Waals surface area contributed by atoms with Gasteiger partial charge in [0.05, 0.1) is 11.1 Å². The molecule has 34 heavy (non-hydrogen) atoms. The van der Waals surface area contributed by atoms with Crippen molar-refractivity contribution < 1.29 is 14.4 Å². The molecule has 3 N–H and O–H groups in total. The quantitative estimate of drug-likeness (QED) is 0.404. The molecule has 0 spiro atoms. The number of hydrogen-bond donors (Lipinski definition) is 2. The molecule has 3 rings (SSSR count). The number of carbonyl (C=O) groups is 3. The largest absolute Gasteiger partial charge is 0.383 e. The highest BCUT2D eigenvalue weighted by atomic mass is 16.2. The Hall–Kier alpha value is -3.69. The molecule has 2 heterocycles. The van der Waals surface area contributed by atoms with Crippen LogP contribution in [0.15, 0.2) is 33.9 Å². The Labute approximate surface area is 197 Å². The number of nitrogens with one attached hydrogen (secondary N) is 1. The van der Waals surface area contributed by atoms with E-state index in [-0.39, 0.29) is 35.7 Å². The first-order valence-electron chi connectivity index (χ1n) is 11.6. The monoisotopic (exact) mass is 469 g/mol. The van der Waals surface area contributed by atoms with Crippen molar-refractivity contribution in [2.75, 3.05) is 17.2 Å². The number of aromatic amines is 1. The third kappa shape index (κ3) is 4.52. The first-order valence-corrected chi connectivity index (χ1v) is 11.6. The number of rotatable bonds is 10. The summed E-state index contributed by atoms with van der Waals surface area (Å²) >= 11 is 0. The lowest BCUT2D eigenvalue weighted by atomic mass is 10.1. The van der Waals surface area contributed by atoms with Gasteiger partial charge >= 0.3 is 5.69 Å². The molecule has 0 bridgehead atoms. The van der Waals surface area contributed by atoms with E-state index in [1.54, 1.807) is 12.1 Å². The van der Waals surface area contributed by atoms with Gasteiger partial charge in [-0.1, -0.05) is 45.2 Å². The summed E-state index contributed by atoms with van der Waals surface area (Å²) in [5, 5.41) is 0. The minimum atomic E-state index is -1.18. The number of imide groups is 1. The van der Waals surface area contributed by atoms with Gasteiger partial charge in [0, 0.05) is 13.1 Å². The summed E-state index contributed by atoms with van der Waals surface area (Å²) in [7, 11) is 0. The number of anilines is 2. The second-order valence-electron chi connectivity index (χ2n) is 8.40. The standard InChI is InChI=1S/C24H31N5O5/c1-4-6-10-14-27(18-19(25)28(13-7-5-2)24(34)26-20(18)30)21(31)15(3)29-22(32)16-11-8-9-12-17(16)23(29)33/h8-9,11-12,15H,4-7,10,13-14,25H2,1-3H3,(H,26,30,34). The van der Waals surface area contributed by atoms with Crippen LogP contribution in [-0.2, 0) is 11.3 Å². The van der Waals surface area contributed by atoms with E-state index in [2.05, 4.69) is 4.98 Å². The molecule has 0 radical (unpaired) electrons. The van der Waals surface area contributed by atoms with Gasteiger partial charge in [-0.2, -0.15) is 0 Å². The average molecular weight is 470 g/mol. The van der Waals surface area contributed by atoms with Gasteiger partial charge in [0.2, 0.25) is 5.91 Å². The molecule has 1 aliphatic heterocycles. The topological polar surface area (TPSA) is 139 Å². The van der Waals surface area contributed by atoms with E-state index in [4.69, 9.17) is 5.73 Å². The van der Waals surface area contributed by atoms with Crippen LogP contribution in [0, 0.1) is 0 Å². The van der Waals surface area contributed by atoms with Crippen LogP contribution in [0.3, 0.4) is 0 Å². The van der Waals surface area contributed by atoms with E-state index in [0.717, 1.165) is 24.2 Å². The maximum Gasteiger partial charge on any atom is 0.330 e. The number of nitrogens with two attached hydrogens (primary N) is 1. The van der Waals surface area contributed by atoms with Gasteiger partial charge in [-0.15, -0.1) is 0 Å². The van der Waals surface area contributed by atoms with Crippen LogP contribution in [0.5, 0.6) is 0 Å². The summed E-state index contributed by atoms with van der Waals surface area (Å²) in [6, 6.07) is 5.20. The fourth-order valence-corrected chi connectivity index (χ4v) is 4.12. The van der Waals surface area contributed by atoms with E-state index in [9.17, 15) is 24.0 Å². The molecule has 1 aromatic heterocycles. The third-order valence-electron chi connectivity index (χ3n) is 6.04. The first kappa shape index (κ1) is 24.9. The summed E-state index contributed by atoms with van der Waals surface area (Å²) in [6.45, 7) is 5.85. The van der Waals surface area contributed by atoms with E-state index in [0.29, 0.717) is 12.8 Å². The average Bonchev–Trinajstić information content (AvgIpc) is 3.07. The van der Waals surface area contributed by atoms with E-state index < -0.39 is 35.0 Å². The number of amides is 3. The predicted molar refractivity (Wildman–Crippen MR) is 129 cm³/mol. The van der Waals surface area contributed by atoms with Gasteiger partial charge in [0.1, 0.15) is 11.9 Å². The first-order chi connectivity index (χ1) is 16.2. The van der Waals surface area contributed by atoms with Crippen LogP contribution >= 0.6 is 0 Å². The number of fused-ring (bicyclic) bond motifs is 1. The zero-order valence-corrected chi connectivity index (χ0v) is 19.8. The zero-order chi connectivity index (χ0) is 25.0. The lowest BCUT2D eigenvalue weighted by molar-refractivity contribution is -0.122. The lowest BCUT2D eigenvalue weighted by Crippen LogP contribution is -2.51. The highest BCUT2D eigenvalue weighted by molar-refractivity contribution is 6.23. The van der Waals surface area contributed by atoms with Crippen molar-refractivity contribution >= 4 is 29.2 Å². The van der Waals surface area contributed by atoms with Crippen molar-refractivity contribution in [2.45, 2.75) is 65.5 Å². The Kier molecular flexibility index (Phi) is 7.70. The Morgan fingerprint density at radius 2 is 1.59 bits per heavy atom. The van der Waals surface area contributed by atoms with Crippen molar-refractivity contribution in [1.29, 1.82) is 0 Å². The summed E-state index contributed by atoms with van der Waals surface area (Å²) in [6.07, 6.45) is 3.70. The second kappa shape index (κ2) is 10.5. The van der Waals surface area contributed by atoms with Gasteiger partial charge in [0.15, 0.2) is 5.69 Å². The SMILES string of the molecule is CCCCCN(C(=O)C(C)N1C(=O)c2ccccc2C1=O)c1c(N)n(CCCC)c(=O)[nH]c1=O. The van der Waals surface area contributed by atoms with E-state index in [1.807, 2.05) is 13.8 Å². The molecule has 1 unspecified atom stereocenters. The number of benzene rings is 1. The molecule has 10 heteroatoms. The van der Waals surface area contributed by atoms with Crippen LogP contribution < -0.4 is 21.9 Å². The third-order valence-corrected chi connectivity index (χ3v) is 6.04. The van der Waals surface area contributed by atoms with Crippen molar-refractivity contribution in [1.82, 2.24) is 14.5 Å². The smallest absolute Gasteiger partial charge is 0.330 e. The number of aromatic nitrogens is 2. The molecular weight excluding hydrogens is 438 g/mol. The Balaban J connectivity index is 2.03. The molecular formula is C24H31N5O5. The summed E-state index contributed by atoms with van der Waals surface area (Å²) in [5.41, 5.74) is 5.14. The summed E-state index contributed by atoms with van der Waals surface area (Å²) in [4.78, 5) is 69.1. The maximum atomic E-state index is 13.7. The van der Waals surface area contributed by atoms with Crippen molar-refractivity contribution in [3.05, 3.63) is 56.2 Å². The molecule has 3 amide bonds. The maximum absolute atomic E-state index is 13.7. The number of nitrogen functional groups attached to an aromatic ring is 1. The normalized spacial score (nSPS) is 13.8. The number of hydrogen-bond acceptors (Lipinski definition) is 6. The fourth-order valence-electron chi connectivity index (χ4n) is 4.12. The number of unbranched alkanes of at least 4 members (excludes halogenated alkanes) is 3. The Morgan fingerprint density at radius 1 is 1.00 bits per heavy atom. The highest BCUT2D eigenvalue weighted by Crippen LogP contribution is 2.27. The molecule has 182 valence electrons. The van der Waals surface area contributed by atoms with Crippen LogP contribution in [0.4, 0.5) is 11.5 Å². The highest BCUT2D eigenvalue weighted by Gasteiger charge is 2.42. The molecule has 0 saturated carbocycles. The summed E-state index contributed by atoms with van der Waals surface area (Å²) in [5.74, 6) is -1.86. The molecule has 0 aliphatic carbocycles. The van der Waals surface area contributed by atoms with Crippen LogP contribution in [0.25, 0.3) is 0 Å². The van der Waals surface area contributed by atoms with E-state index >= 15 is 0 Å². The van der Waals surface area contributed by atoms with Crippen molar-refractivity contribution in [3.8, 4) is 0 Å². The van der Waals surface area contributed by atoms with Gasteiger partial charge in [-0.25, -0.2) is 4.79 Å². The van der Waals surface area contributed by atoms with Crippen LogP contribution in [0.1, 0.15) is 73.6 Å². The van der Waals surface area contributed by atoms with E-state index in [1.165, 1.54) is 28.5 Å². The molecule has 0 fully saturated rings. The molecule has 1 atom stereocenters. The minimum Gasteiger partial charge on any atom is -0.383 e. The number of nitrogens with zero attached hydrogens (tertiary/aromatic N) is 3. The van der Waals surface area contributed by atoms with Gasteiger partial charge in [0.25, 0.3) is 17.4 Å². The fraction of sp³-hybridized carbons (Fsp3) is 0.458. The molecule has 1 aliphatic rings. The van der Waals surface area contributed by atoms with Crippen molar-refractivity contribution in [3.63, 3.8) is 0 Å². The molecule has 0 saturated heterocycles. The number of H-pyrrole nitrogens is 1.